The smallest absolute Gasteiger partial charge is 0.306 e. The van der Waals surface area contributed by atoms with Crippen molar-refractivity contribution in [3.05, 3.63) is 24.0 Å². The van der Waals surface area contributed by atoms with Crippen LogP contribution in [0.3, 0.4) is 0 Å². The topological polar surface area (TPSA) is 53.4 Å². The third kappa shape index (κ3) is 2.75. The Bertz CT molecular complexity index is 381. The number of carboxylic acid groups (broad SMARTS) is 1. The highest BCUT2D eigenvalue weighted by molar-refractivity contribution is 5.70. The molecular weight excluding hydrogens is 216 g/mol. The van der Waals surface area contributed by atoms with Crippen molar-refractivity contribution in [2.45, 2.75) is 26.2 Å². The van der Waals surface area contributed by atoms with Gasteiger partial charge in [0.1, 0.15) is 0 Å². The second-order valence-electron chi connectivity index (χ2n) is 4.46. The molecule has 0 aromatic carbocycles. The normalized spacial score (nSPS) is 17.1. The van der Waals surface area contributed by atoms with Crippen molar-refractivity contribution in [3.8, 4) is 0 Å². The molecule has 0 atom stereocenters. The number of nitrogens with zero attached hydrogens (tertiary/aromatic N) is 2. The minimum absolute atomic E-state index is 0.172. The van der Waals surface area contributed by atoms with Crippen LogP contribution >= 0.6 is 0 Å². The van der Waals surface area contributed by atoms with Crippen LogP contribution in [0, 0.1) is 5.92 Å². The molecule has 0 radical (unpaired) electrons. The van der Waals surface area contributed by atoms with Crippen LogP contribution in [0.1, 0.15) is 25.5 Å². The van der Waals surface area contributed by atoms with Gasteiger partial charge in [0.25, 0.3) is 0 Å². The van der Waals surface area contributed by atoms with Crippen LogP contribution < -0.4 is 4.90 Å². The predicted octanol–water partition coefficient (Wildman–Crippen LogP) is 1.95. The quantitative estimate of drug-likeness (QED) is 0.868. The number of hydrogen-bond donors (Lipinski definition) is 1. The van der Waals surface area contributed by atoms with E-state index < -0.39 is 5.97 Å². The maximum atomic E-state index is 10.9. The molecule has 1 aromatic rings. The molecule has 1 saturated heterocycles. The first-order valence-electron chi connectivity index (χ1n) is 6.13. The number of hydrogen-bond acceptors (Lipinski definition) is 3. The lowest BCUT2D eigenvalue weighted by molar-refractivity contribution is -0.142. The van der Waals surface area contributed by atoms with Gasteiger partial charge in [0, 0.05) is 18.8 Å². The number of carbonyl (C=O) groups is 1. The summed E-state index contributed by atoms with van der Waals surface area (Å²) in [5, 5.41) is 8.93. The Morgan fingerprint density at radius 2 is 2.18 bits per heavy atom. The fraction of sp³-hybridized carbons (Fsp3) is 0.538. The van der Waals surface area contributed by atoms with Crippen LogP contribution in [0.2, 0.25) is 0 Å². The fourth-order valence-corrected chi connectivity index (χ4v) is 2.20. The molecule has 1 N–H and O–H groups in total. The van der Waals surface area contributed by atoms with Gasteiger partial charge in [0.05, 0.1) is 17.8 Å². The van der Waals surface area contributed by atoms with Gasteiger partial charge in [-0.2, -0.15) is 0 Å². The van der Waals surface area contributed by atoms with Gasteiger partial charge < -0.3 is 10.0 Å². The SMILES string of the molecule is CCc1ccc(N2CCC(C(=O)O)CC2)cn1. The summed E-state index contributed by atoms with van der Waals surface area (Å²) in [6.45, 7) is 3.70. The van der Waals surface area contributed by atoms with Crippen molar-refractivity contribution < 1.29 is 9.90 Å². The van der Waals surface area contributed by atoms with E-state index in [0.717, 1.165) is 43.7 Å². The van der Waals surface area contributed by atoms with Crippen LogP contribution in [-0.4, -0.2) is 29.1 Å². The van der Waals surface area contributed by atoms with Gasteiger partial charge in [-0.25, -0.2) is 0 Å². The Labute approximate surface area is 101 Å². The zero-order valence-corrected chi connectivity index (χ0v) is 10.1. The first-order chi connectivity index (χ1) is 8.20. The van der Waals surface area contributed by atoms with Crippen molar-refractivity contribution in [1.82, 2.24) is 4.98 Å². The second kappa shape index (κ2) is 5.17. The predicted molar refractivity (Wildman–Crippen MR) is 66.2 cm³/mol. The van der Waals surface area contributed by atoms with Gasteiger partial charge in [-0.15, -0.1) is 0 Å². The number of aromatic nitrogens is 1. The summed E-state index contributed by atoms with van der Waals surface area (Å²) >= 11 is 0. The summed E-state index contributed by atoms with van der Waals surface area (Å²) in [6, 6.07) is 4.12. The Morgan fingerprint density at radius 3 is 2.65 bits per heavy atom. The highest BCUT2D eigenvalue weighted by Crippen LogP contribution is 2.22. The molecule has 2 rings (SSSR count). The van der Waals surface area contributed by atoms with E-state index in [1.54, 1.807) is 0 Å². The van der Waals surface area contributed by atoms with Crippen LogP contribution in [-0.2, 0) is 11.2 Å². The van der Waals surface area contributed by atoms with E-state index in [1.165, 1.54) is 0 Å². The second-order valence-corrected chi connectivity index (χ2v) is 4.46. The average molecular weight is 234 g/mol. The molecule has 0 spiro atoms. The van der Waals surface area contributed by atoms with Crippen molar-refractivity contribution >= 4 is 11.7 Å². The van der Waals surface area contributed by atoms with Crippen molar-refractivity contribution in [2.75, 3.05) is 18.0 Å². The van der Waals surface area contributed by atoms with Crippen LogP contribution in [0.25, 0.3) is 0 Å². The molecule has 92 valence electrons. The van der Waals surface area contributed by atoms with Crippen LogP contribution in [0.5, 0.6) is 0 Å². The molecule has 1 aromatic heterocycles. The van der Waals surface area contributed by atoms with E-state index in [0.29, 0.717) is 0 Å². The Kier molecular flexibility index (Phi) is 3.61. The largest absolute Gasteiger partial charge is 0.481 e. The molecule has 0 saturated carbocycles. The summed E-state index contributed by atoms with van der Waals surface area (Å²) in [5.74, 6) is -0.835. The van der Waals surface area contributed by atoms with Crippen LogP contribution in [0.4, 0.5) is 5.69 Å². The zero-order chi connectivity index (χ0) is 12.3. The summed E-state index contributed by atoms with van der Waals surface area (Å²) in [5.41, 5.74) is 2.19. The number of rotatable bonds is 3. The monoisotopic (exact) mass is 234 g/mol. The Hall–Kier alpha value is -1.58. The first kappa shape index (κ1) is 11.9. The van der Waals surface area contributed by atoms with Gasteiger partial charge in [-0.05, 0) is 31.4 Å². The van der Waals surface area contributed by atoms with E-state index in [9.17, 15) is 4.79 Å². The number of carboxylic acids is 1. The molecule has 1 aliphatic heterocycles. The lowest BCUT2D eigenvalue weighted by Gasteiger charge is -2.31. The average Bonchev–Trinajstić information content (AvgIpc) is 2.39. The van der Waals surface area contributed by atoms with E-state index in [2.05, 4.69) is 22.9 Å². The van der Waals surface area contributed by atoms with Crippen LogP contribution in [0.15, 0.2) is 18.3 Å². The van der Waals surface area contributed by atoms with Gasteiger partial charge in [0.15, 0.2) is 0 Å². The lowest BCUT2D eigenvalue weighted by Crippen LogP contribution is -2.36. The van der Waals surface area contributed by atoms with E-state index in [-0.39, 0.29) is 5.92 Å². The van der Waals surface area contributed by atoms with Crippen molar-refractivity contribution in [2.24, 2.45) is 5.92 Å². The van der Waals surface area contributed by atoms with E-state index >= 15 is 0 Å². The molecule has 2 heterocycles. The maximum Gasteiger partial charge on any atom is 0.306 e. The molecule has 4 nitrogen and oxygen atoms in total. The lowest BCUT2D eigenvalue weighted by atomic mass is 9.97. The Morgan fingerprint density at radius 1 is 1.47 bits per heavy atom. The number of pyridine rings is 1. The van der Waals surface area contributed by atoms with Gasteiger partial charge in [0.2, 0.25) is 0 Å². The third-order valence-electron chi connectivity index (χ3n) is 3.38. The number of piperidine rings is 1. The van der Waals surface area contributed by atoms with Gasteiger partial charge in [-0.3, -0.25) is 9.78 Å². The summed E-state index contributed by atoms with van der Waals surface area (Å²) in [7, 11) is 0. The molecular formula is C13H18N2O2. The van der Waals surface area contributed by atoms with Crippen molar-refractivity contribution in [1.29, 1.82) is 0 Å². The van der Waals surface area contributed by atoms with E-state index in [1.807, 2.05) is 12.3 Å². The van der Waals surface area contributed by atoms with Crippen molar-refractivity contribution in [3.63, 3.8) is 0 Å². The summed E-state index contributed by atoms with van der Waals surface area (Å²) in [4.78, 5) is 17.4. The van der Waals surface area contributed by atoms with Gasteiger partial charge >= 0.3 is 5.97 Å². The zero-order valence-electron chi connectivity index (χ0n) is 10.1. The fourth-order valence-electron chi connectivity index (χ4n) is 2.20. The minimum Gasteiger partial charge on any atom is -0.481 e. The molecule has 4 heteroatoms. The molecule has 1 aliphatic rings. The maximum absolute atomic E-state index is 10.9. The standard InChI is InChI=1S/C13H18N2O2/c1-2-11-3-4-12(9-14-11)15-7-5-10(6-8-15)13(16)17/h3-4,9-10H,2,5-8H2,1H3,(H,16,17). The highest BCUT2D eigenvalue weighted by atomic mass is 16.4. The number of aliphatic carboxylic acids is 1. The molecule has 0 aliphatic carbocycles. The summed E-state index contributed by atoms with van der Waals surface area (Å²) in [6.07, 6.45) is 4.29. The molecule has 0 bridgehead atoms. The minimum atomic E-state index is -0.663. The number of aryl methyl sites for hydroxylation is 1. The molecule has 0 amide bonds. The van der Waals surface area contributed by atoms with E-state index in [4.69, 9.17) is 5.11 Å². The number of anilines is 1. The molecule has 17 heavy (non-hydrogen) atoms. The first-order valence-corrected chi connectivity index (χ1v) is 6.13. The molecule has 1 fully saturated rings. The molecule has 0 unspecified atom stereocenters. The summed E-state index contributed by atoms with van der Waals surface area (Å²) < 4.78 is 0. The van der Waals surface area contributed by atoms with Gasteiger partial charge in [-0.1, -0.05) is 6.92 Å². The third-order valence-corrected chi connectivity index (χ3v) is 3.38. The highest BCUT2D eigenvalue weighted by Gasteiger charge is 2.24. The Balaban J connectivity index is 1.97.